The number of benzene rings is 2. The molecule has 2 nitrogen and oxygen atoms in total. The van der Waals surface area contributed by atoms with Gasteiger partial charge in [0.2, 0.25) is 0 Å². The SMILES string of the molecule is CC(C)(C(=O)c1ccccc1)C(C)(C)C(=O)c1ccccc1. The Labute approximate surface area is 132 Å². The number of rotatable bonds is 5. The fourth-order valence-electron chi connectivity index (χ4n) is 2.47. The summed E-state index contributed by atoms with van der Waals surface area (Å²) in [7, 11) is 0. The van der Waals surface area contributed by atoms with Crippen molar-refractivity contribution in [2.24, 2.45) is 10.8 Å². The number of ketones is 2. The molecule has 22 heavy (non-hydrogen) atoms. The van der Waals surface area contributed by atoms with E-state index in [1.807, 2.05) is 64.1 Å². The Morgan fingerprint density at radius 3 is 1.14 bits per heavy atom. The lowest BCUT2D eigenvalue weighted by atomic mass is 9.61. The van der Waals surface area contributed by atoms with Crippen LogP contribution in [0.25, 0.3) is 0 Å². The largest absolute Gasteiger partial charge is 0.294 e. The standard InChI is InChI=1S/C20H22O2/c1-19(2,17(21)15-11-7-5-8-12-15)20(3,4)18(22)16-13-9-6-10-14-16/h5-14H,1-4H3. The molecule has 0 spiro atoms. The Kier molecular flexibility index (Phi) is 4.32. The maximum absolute atomic E-state index is 12.9. The van der Waals surface area contributed by atoms with Gasteiger partial charge < -0.3 is 0 Å². The lowest BCUT2D eigenvalue weighted by Crippen LogP contribution is -2.45. The summed E-state index contributed by atoms with van der Waals surface area (Å²) in [6.45, 7) is 7.40. The van der Waals surface area contributed by atoms with Crippen LogP contribution >= 0.6 is 0 Å². The topological polar surface area (TPSA) is 34.1 Å². The zero-order valence-corrected chi connectivity index (χ0v) is 13.6. The summed E-state index contributed by atoms with van der Waals surface area (Å²) in [4.78, 5) is 25.8. The molecule has 0 heterocycles. The van der Waals surface area contributed by atoms with Crippen LogP contribution in [0.2, 0.25) is 0 Å². The van der Waals surface area contributed by atoms with Crippen LogP contribution in [0.4, 0.5) is 0 Å². The molecule has 0 amide bonds. The van der Waals surface area contributed by atoms with Crippen molar-refractivity contribution in [1.29, 1.82) is 0 Å². The summed E-state index contributed by atoms with van der Waals surface area (Å²) < 4.78 is 0. The molecule has 0 atom stereocenters. The van der Waals surface area contributed by atoms with Crippen molar-refractivity contribution in [3.8, 4) is 0 Å². The number of carbonyl (C=O) groups is 2. The van der Waals surface area contributed by atoms with Gasteiger partial charge >= 0.3 is 0 Å². The van der Waals surface area contributed by atoms with E-state index in [4.69, 9.17) is 0 Å². The molecule has 2 aromatic carbocycles. The van der Waals surface area contributed by atoms with Gasteiger partial charge in [0.05, 0.1) is 0 Å². The molecule has 0 N–H and O–H groups in total. The Morgan fingerprint density at radius 1 is 0.591 bits per heavy atom. The molecule has 0 aliphatic rings. The number of Topliss-reactive ketones (excluding diaryl/α,β-unsaturated/α-hetero) is 2. The molecule has 114 valence electrons. The van der Waals surface area contributed by atoms with Gasteiger partial charge in [0.15, 0.2) is 11.6 Å². The van der Waals surface area contributed by atoms with Crippen molar-refractivity contribution >= 4 is 11.6 Å². The fourth-order valence-corrected chi connectivity index (χ4v) is 2.47. The van der Waals surface area contributed by atoms with Crippen molar-refractivity contribution in [1.82, 2.24) is 0 Å². The van der Waals surface area contributed by atoms with E-state index in [1.165, 1.54) is 0 Å². The van der Waals surface area contributed by atoms with Gasteiger partial charge in [-0.15, -0.1) is 0 Å². The molecule has 0 aromatic heterocycles. The van der Waals surface area contributed by atoms with Gasteiger partial charge in [-0.2, -0.15) is 0 Å². The van der Waals surface area contributed by atoms with Gasteiger partial charge in [0.1, 0.15) is 0 Å². The first-order valence-electron chi connectivity index (χ1n) is 7.48. The molecule has 0 radical (unpaired) electrons. The van der Waals surface area contributed by atoms with Crippen LogP contribution in [0.3, 0.4) is 0 Å². The van der Waals surface area contributed by atoms with Crippen LogP contribution in [-0.2, 0) is 0 Å². The smallest absolute Gasteiger partial charge is 0.169 e. The van der Waals surface area contributed by atoms with Crippen LogP contribution in [0.15, 0.2) is 60.7 Å². The normalized spacial score (nSPS) is 12.0. The second kappa shape index (κ2) is 5.88. The van der Waals surface area contributed by atoms with Gasteiger partial charge in [-0.1, -0.05) is 88.4 Å². The number of carbonyl (C=O) groups excluding carboxylic acids is 2. The molecular formula is C20H22O2. The first-order chi connectivity index (χ1) is 10.3. The molecule has 2 heteroatoms. The maximum atomic E-state index is 12.9. The highest BCUT2D eigenvalue weighted by Crippen LogP contribution is 2.43. The average Bonchev–Trinajstić information content (AvgIpc) is 2.54. The Bertz CT molecular complexity index is 606. The van der Waals surface area contributed by atoms with Crippen molar-refractivity contribution in [3.63, 3.8) is 0 Å². The van der Waals surface area contributed by atoms with Gasteiger partial charge in [-0.05, 0) is 0 Å². The van der Waals surface area contributed by atoms with E-state index >= 15 is 0 Å². The second-order valence-electron chi connectivity index (χ2n) is 6.64. The first-order valence-corrected chi connectivity index (χ1v) is 7.48. The molecule has 2 aromatic rings. The fraction of sp³-hybridized carbons (Fsp3) is 0.300. The summed E-state index contributed by atoms with van der Waals surface area (Å²) in [5, 5.41) is 0. The number of hydrogen-bond donors (Lipinski definition) is 0. The zero-order valence-electron chi connectivity index (χ0n) is 13.6. The zero-order chi connectivity index (χ0) is 16.4. The summed E-state index contributed by atoms with van der Waals surface area (Å²) in [6, 6.07) is 18.3. The molecule has 0 unspecified atom stereocenters. The third-order valence-electron chi connectivity index (χ3n) is 4.77. The first kappa shape index (κ1) is 16.2. The van der Waals surface area contributed by atoms with Crippen LogP contribution in [0.1, 0.15) is 48.4 Å². The molecule has 0 aliphatic heterocycles. The monoisotopic (exact) mass is 294 g/mol. The van der Waals surface area contributed by atoms with Gasteiger partial charge in [0, 0.05) is 22.0 Å². The Morgan fingerprint density at radius 2 is 0.864 bits per heavy atom. The third kappa shape index (κ3) is 2.74. The highest BCUT2D eigenvalue weighted by molar-refractivity contribution is 6.08. The minimum Gasteiger partial charge on any atom is -0.294 e. The predicted molar refractivity (Wildman–Crippen MR) is 89.1 cm³/mol. The molecule has 0 saturated heterocycles. The lowest BCUT2D eigenvalue weighted by Gasteiger charge is -2.39. The third-order valence-corrected chi connectivity index (χ3v) is 4.77. The van der Waals surface area contributed by atoms with Crippen LogP contribution in [0, 0.1) is 10.8 Å². The maximum Gasteiger partial charge on any atom is 0.169 e. The molecule has 0 fully saturated rings. The Hall–Kier alpha value is -2.22. The van der Waals surface area contributed by atoms with Gasteiger partial charge in [-0.25, -0.2) is 0 Å². The average molecular weight is 294 g/mol. The summed E-state index contributed by atoms with van der Waals surface area (Å²) in [5.74, 6) is -0.0234. The summed E-state index contributed by atoms with van der Waals surface area (Å²) in [6.07, 6.45) is 0. The van der Waals surface area contributed by atoms with E-state index in [0.717, 1.165) is 0 Å². The highest BCUT2D eigenvalue weighted by Gasteiger charge is 2.48. The van der Waals surface area contributed by atoms with Crippen molar-refractivity contribution in [2.75, 3.05) is 0 Å². The van der Waals surface area contributed by atoms with E-state index in [1.54, 1.807) is 24.3 Å². The molecule has 0 bridgehead atoms. The minimum atomic E-state index is -0.804. The summed E-state index contributed by atoms with van der Waals surface area (Å²) in [5.41, 5.74) is -0.328. The molecular weight excluding hydrogens is 272 g/mol. The summed E-state index contributed by atoms with van der Waals surface area (Å²) >= 11 is 0. The van der Waals surface area contributed by atoms with Crippen molar-refractivity contribution < 1.29 is 9.59 Å². The second-order valence-corrected chi connectivity index (χ2v) is 6.64. The van der Waals surface area contributed by atoms with Crippen LogP contribution in [-0.4, -0.2) is 11.6 Å². The van der Waals surface area contributed by atoms with Crippen molar-refractivity contribution in [2.45, 2.75) is 27.7 Å². The van der Waals surface area contributed by atoms with E-state index < -0.39 is 10.8 Å². The van der Waals surface area contributed by atoms with Gasteiger partial charge in [-0.3, -0.25) is 9.59 Å². The predicted octanol–water partition coefficient (Wildman–Crippen LogP) is 4.80. The number of hydrogen-bond acceptors (Lipinski definition) is 2. The van der Waals surface area contributed by atoms with E-state index in [0.29, 0.717) is 11.1 Å². The van der Waals surface area contributed by atoms with Crippen molar-refractivity contribution in [3.05, 3.63) is 71.8 Å². The lowest BCUT2D eigenvalue weighted by molar-refractivity contribution is 0.0476. The van der Waals surface area contributed by atoms with Gasteiger partial charge in [0.25, 0.3) is 0 Å². The van der Waals surface area contributed by atoms with E-state index in [9.17, 15) is 9.59 Å². The highest BCUT2D eigenvalue weighted by atomic mass is 16.1. The molecule has 0 saturated carbocycles. The van der Waals surface area contributed by atoms with Crippen LogP contribution < -0.4 is 0 Å². The Balaban J connectivity index is 2.38. The van der Waals surface area contributed by atoms with E-state index in [2.05, 4.69) is 0 Å². The minimum absolute atomic E-state index is 0.0117. The molecule has 2 rings (SSSR count). The molecule has 0 aliphatic carbocycles. The van der Waals surface area contributed by atoms with Crippen LogP contribution in [0.5, 0.6) is 0 Å². The van der Waals surface area contributed by atoms with E-state index in [-0.39, 0.29) is 11.6 Å². The quantitative estimate of drug-likeness (QED) is 0.742.